The highest BCUT2D eigenvalue weighted by molar-refractivity contribution is 6.06. The van der Waals surface area contributed by atoms with Crippen molar-refractivity contribution in [3.63, 3.8) is 0 Å². The molecule has 5 heteroatoms. The van der Waals surface area contributed by atoms with Gasteiger partial charge in [-0.15, -0.1) is 0 Å². The van der Waals surface area contributed by atoms with E-state index in [9.17, 15) is 4.79 Å². The van der Waals surface area contributed by atoms with Crippen LogP contribution in [0.3, 0.4) is 0 Å². The lowest BCUT2D eigenvalue weighted by Gasteiger charge is -2.37. The molecule has 17 heavy (non-hydrogen) atoms. The van der Waals surface area contributed by atoms with Crippen molar-refractivity contribution < 1.29 is 10.0 Å². The van der Waals surface area contributed by atoms with Crippen molar-refractivity contribution >= 4 is 11.7 Å². The standard InChI is InChI=1S/C12H23N3O2/c1-3-9-15(2)11(16)12(10(13)14-17)7-5-4-6-8-12/h17H,3-9H2,1-2H3,(H2,13,14). The first-order valence-corrected chi connectivity index (χ1v) is 6.32. The van der Waals surface area contributed by atoms with E-state index in [0.29, 0.717) is 19.4 Å². The molecule has 0 bridgehead atoms. The molecule has 1 aliphatic rings. The van der Waals surface area contributed by atoms with Crippen LogP contribution in [0.25, 0.3) is 0 Å². The van der Waals surface area contributed by atoms with E-state index in [1.54, 1.807) is 11.9 Å². The highest BCUT2D eigenvalue weighted by atomic mass is 16.4. The lowest BCUT2D eigenvalue weighted by molar-refractivity contribution is -0.138. The van der Waals surface area contributed by atoms with Crippen molar-refractivity contribution in [2.45, 2.75) is 45.4 Å². The summed E-state index contributed by atoms with van der Waals surface area (Å²) in [5, 5.41) is 12.0. The first-order chi connectivity index (χ1) is 8.08. The number of hydrogen-bond donors (Lipinski definition) is 2. The monoisotopic (exact) mass is 241 g/mol. The van der Waals surface area contributed by atoms with E-state index in [2.05, 4.69) is 5.16 Å². The molecule has 3 N–H and O–H groups in total. The first kappa shape index (κ1) is 13.8. The lowest BCUT2D eigenvalue weighted by Crippen LogP contribution is -2.51. The molecule has 0 unspecified atom stereocenters. The Balaban J connectivity index is 2.93. The SMILES string of the molecule is CCCN(C)C(=O)C1(C(N)=NO)CCCCC1. The number of hydrogen-bond acceptors (Lipinski definition) is 3. The lowest BCUT2D eigenvalue weighted by atomic mass is 9.72. The predicted molar refractivity (Wildman–Crippen MR) is 66.9 cm³/mol. The highest BCUT2D eigenvalue weighted by Crippen LogP contribution is 2.38. The Morgan fingerprint density at radius 2 is 2.00 bits per heavy atom. The second-order valence-electron chi connectivity index (χ2n) is 4.85. The van der Waals surface area contributed by atoms with Gasteiger partial charge in [0.25, 0.3) is 0 Å². The summed E-state index contributed by atoms with van der Waals surface area (Å²) in [6.07, 6.45) is 5.33. The number of nitrogens with zero attached hydrogens (tertiary/aromatic N) is 2. The van der Waals surface area contributed by atoms with E-state index in [-0.39, 0.29) is 11.7 Å². The molecule has 5 nitrogen and oxygen atoms in total. The summed E-state index contributed by atoms with van der Waals surface area (Å²) in [6.45, 7) is 2.74. The summed E-state index contributed by atoms with van der Waals surface area (Å²) in [5.74, 6) is 0.0690. The van der Waals surface area contributed by atoms with Crippen LogP contribution in [0, 0.1) is 5.41 Å². The van der Waals surface area contributed by atoms with Crippen molar-refractivity contribution in [2.75, 3.05) is 13.6 Å². The maximum Gasteiger partial charge on any atom is 0.236 e. The molecule has 0 saturated heterocycles. The third kappa shape index (κ3) is 2.70. The second-order valence-corrected chi connectivity index (χ2v) is 4.85. The van der Waals surface area contributed by atoms with Crippen LogP contribution in [-0.2, 0) is 4.79 Å². The van der Waals surface area contributed by atoms with Gasteiger partial charge in [-0.1, -0.05) is 31.3 Å². The topological polar surface area (TPSA) is 78.9 Å². The largest absolute Gasteiger partial charge is 0.409 e. The van der Waals surface area contributed by atoms with Gasteiger partial charge in [-0.25, -0.2) is 0 Å². The number of amides is 1. The number of rotatable bonds is 4. The van der Waals surface area contributed by atoms with Crippen LogP contribution in [-0.4, -0.2) is 35.4 Å². The van der Waals surface area contributed by atoms with E-state index in [0.717, 1.165) is 25.7 Å². The molecule has 1 aliphatic carbocycles. The number of amidine groups is 1. The molecule has 0 spiro atoms. The molecule has 0 aromatic heterocycles. The Kier molecular flexibility index (Phi) is 4.78. The summed E-state index contributed by atoms with van der Waals surface area (Å²) in [7, 11) is 1.78. The van der Waals surface area contributed by atoms with Gasteiger partial charge in [0.2, 0.25) is 5.91 Å². The van der Waals surface area contributed by atoms with Crippen molar-refractivity contribution in [3.05, 3.63) is 0 Å². The third-order valence-corrected chi connectivity index (χ3v) is 3.62. The van der Waals surface area contributed by atoms with Gasteiger partial charge in [-0.2, -0.15) is 0 Å². The Morgan fingerprint density at radius 3 is 2.47 bits per heavy atom. The zero-order valence-corrected chi connectivity index (χ0v) is 10.8. The van der Waals surface area contributed by atoms with Gasteiger partial charge >= 0.3 is 0 Å². The van der Waals surface area contributed by atoms with Gasteiger partial charge in [0.1, 0.15) is 5.41 Å². The van der Waals surface area contributed by atoms with Crippen LogP contribution < -0.4 is 5.73 Å². The van der Waals surface area contributed by atoms with Gasteiger partial charge in [-0.3, -0.25) is 4.79 Å². The average Bonchev–Trinajstić information content (AvgIpc) is 2.37. The van der Waals surface area contributed by atoms with Gasteiger partial charge in [0, 0.05) is 13.6 Å². The van der Waals surface area contributed by atoms with Gasteiger partial charge in [0.05, 0.1) is 0 Å². The van der Waals surface area contributed by atoms with Gasteiger partial charge < -0.3 is 15.8 Å². The van der Waals surface area contributed by atoms with Crippen LogP contribution in [0.1, 0.15) is 45.4 Å². The van der Waals surface area contributed by atoms with E-state index in [1.165, 1.54) is 0 Å². The summed E-state index contributed by atoms with van der Waals surface area (Å²) in [6, 6.07) is 0. The molecule has 0 aromatic carbocycles. The van der Waals surface area contributed by atoms with Crippen LogP contribution >= 0.6 is 0 Å². The second kappa shape index (κ2) is 5.89. The zero-order valence-electron chi connectivity index (χ0n) is 10.8. The number of carbonyl (C=O) groups is 1. The fourth-order valence-electron chi connectivity index (χ4n) is 2.63. The fourth-order valence-corrected chi connectivity index (χ4v) is 2.63. The summed E-state index contributed by atoms with van der Waals surface area (Å²) >= 11 is 0. The van der Waals surface area contributed by atoms with E-state index in [4.69, 9.17) is 10.9 Å². The molecule has 1 amide bonds. The Morgan fingerprint density at radius 1 is 1.41 bits per heavy atom. The number of oxime groups is 1. The average molecular weight is 241 g/mol. The fraction of sp³-hybridized carbons (Fsp3) is 0.833. The summed E-state index contributed by atoms with van der Waals surface area (Å²) in [5.41, 5.74) is 5.00. The molecule has 1 saturated carbocycles. The van der Waals surface area contributed by atoms with Crippen molar-refractivity contribution in [3.8, 4) is 0 Å². The van der Waals surface area contributed by atoms with Crippen LogP contribution in [0.4, 0.5) is 0 Å². The normalized spacial score (nSPS) is 20.0. The summed E-state index contributed by atoms with van der Waals surface area (Å²) in [4.78, 5) is 14.2. The third-order valence-electron chi connectivity index (χ3n) is 3.62. The van der Waals surface area contributed by atoms with E-state index >= 15 is 0 Å². The summed E-state index contributed by atoms with van der Waals surface area (Å²) < 4.78 is 0. The van der Waals surface area contributed by atoms with Gasteiger partial charge in [0.15, 0.2) is 5.84 Å². The quantitative estimate of drug-likeness (QED) is 0.339. The Labute approximate surface area is 103 Å². The minimum atomic E-state index is -0.767. The maximum atomic E-state index is 12.5. The zero-order chi connectivity index (χ0) is 12.9. The first-order valence-electron chi connectivity index (χ1n) is 6.32. The molecule has 0 heterocycles. The minimum absolute atomic E-state index is 0.00523. The predicted octanol–water partition coefficient (Wildman–Crippen LogP) is 1.55. The molecule has 0 aliphatic heterocycles. The van der Waals surface area contributed by atoms with Crippen molar-refractivity contribution in [1.82, 2.24) is 4.90 Å². The minimum Gasteiger partial charge on any atom is -0.409 e. The Bertz CT molecular complexity index is 296. The van der Waals surface area contributed by atoms with Crippen LogP contribution in [0.15, 0.2) is 5.16 Å². The molecule has 98 valence electrons. The van der Waals surface area contributed by atoms with Crippen molar-refractivity contribution in [1.29, 1.82) is 0 Å². The molecule has 0 aromatic rings. The molecule has 1 rings (SSSR count). The molecule has 1 fully saturated rings. The smallest absolute Gasteiger partial charge is 0.236 e. The number of nitrogens with two attached hydrogens (primary N) is 1. The Hall–Kier alpha value is -1.26. The van der Waals surface area contributed by atoms with E-state index in [1.807, 2.05) is 6.92 Å². The van der Waals surface area contributed by atoms with E-state index < -0.39 is 5.41 Å². The molecule has 0 radical (unpaired) electrons. The molecule has 0 atom stereocenters. The maximum absolute atomic E-state index is 12.5. The van der Waals surface area contributed by atoms with Crippen LogP contribution in [0.2, 0.25) is 0 Å². The van der Waals surface area contributed by atoms with Gasteiger partial charge in [-0.05, 0) is 19.3 Å². The van der Waals surface area contributed by atoms with Crippen LogP contribution in [0.5, 0.6) is 0 Å². The molecular formula is C12H23N3O2. The number of carbonyl (C=O) groups excluding carboxylic acids is 1. The highest BCUT2D eigenvalue weighted by Gasteiger charge is 2.45. The van der Waals surface area contributed by atoms with Crippen molar-refractivity contribution in [2.24, 2.45) is 16.3 Å². The molecular weight excluding hydrogens is 218 g/mol.